The number of hydrogen-bond acceptors (Lipinski definition) is 3. The fraction of sp³-hybridized carbons (Fsp3) is 1.00. The maximum Gasteiger partial charge on any atom is 0.150 e. The van der Waals surface area contributed by atoms with Gasteiger partial charge in [-0.2, -0.15) is 0 Å². The molecule has 1 aliphatic rings. The molecule has 4 heteroatoms. The van der Waals surface area contributed by atoms with Gasteiger partial charge in [-0.15, -0.1) is 0 Å². The van der Waals surface area contributed by atoms with Crippen LogP contribution in [0.1, 0.15) is 46.0 Å². The molecule has 0 aromatic carbocycles. The molecule has 18 heavy (non-hydrogen) atoms. The Kier molecular flexibility index (Phi) is 6.64. The van der Waals surface area contributed by atoms with Crippen molar-refractivity contribution in [2.45, 2.75) is 46.0 Å². The highest BCUT2D eigenvalue weighted by Gasteiger charge is 2.28. The van der Waals surface area contributed by atoms with E-state index in [1.165, 1.54) is 19.3 Å². The summed E-state index contributed by atoms with van der Waals surface area (Å²) in [5.74, 6) is 2.76. The van der Waals surface area contributed by atoms with E-state index in [2.05, 4.69) is 12.2 Å². The van der Waals surface area contributed by atoms with Crippen LogP contribution in [-0.2, 0) is 9.84 Å². The molecule has 0 aromatic heterocycles. The highest BCUT2D eigenvalue weighted by molar-refractivity contribution is 7.91. The summed E-state index contributed by atoms with van der Waals surface area (Å²) in [6, 6.07) is 0. The lowest BCUT2D eigenvalue weighted by molar-refractivity contribution is 0.183. The Morgan fingerprint density at radius 1 is 1.17 bits per heavy atom. The summed E-state index contributed by atoms with van der Waals surface area (Å²) < 4.78 is 23.6. The van der Waals surface area contributed by atoms with Gasteiger partial charge in [0, 0.05) is 5.75 Å². The molecular weight excluding hydrogens is 246 g/mol. The van der Waals surface area contributed by atoms with Gasteiger partial charge in [-0.1, -0.05) is 20.3 Å². The molecule has 3 atom stereocenters. The summed E-state index contributed by atoms with van der Waals surface area (Å²) in [7, 11) is -0.818. The van der Waals surface area contributed by atoms with E-state index in [1.807, 2.05) is 14.0 Å². The molecule has 1 rings (SSSR count). The SMILES string of the molecule is CCCS(=O)(=O)CCC1CC(C)CCC1CNC. The van der Waals surface area contributed by atoms with Gasteiger partial charge in [0.1, 0.15) is 9.84 Å². The minimum absolute atomic E-state index is 0.353. The molecule has 0 radical (unpaired) electrons. The first kappa shape index (κ1) is 16.0. The molecule has 3 nitrogen and oxygen atoms in total. The van der Waals surface area contributed by atoms with Crippen LogP contribution in [0.4, 0.5) is 0 Å². The van der Waals surface area contributed by atoms with E-state index in [4.69, 9.17) is 0 Å². The Hall–Kier alpha value is -0.0900. The van der Waals surface area contributed by atoms with Gasteiger partial charge in [0.25, 0.3) is 0 Å². The largest absolute Gasteiger partial charge is 0.319 e. The van der Waals surface area contributed by atoms with E-state index >= 15 is 0 Å². The molecule has 3 unspecified atom stereocenters. The molecule has 1 saturated carbocycles. The maximum absolute atomic E-state index is 11.8. The van der Waals surface area contributed by atoms with Crippen molar-refractivity contribution in [2.75, 3.05) is 25.1 Å². The van der Waals surface area contributed by atoms with Gasteiger partial charge in [0.2, 0.25) is 0 Å². The molecule has 0 spiro atoms. The molecule has 0 aromatic rings. The van der Waals surface area contributed by atoms with Crippen molar-refractivity contribution in [1.29, 1.82) is 0 Å². The lowest BCUT2D eigenvalue weighted by Gasteiger charge is -2.35. The lowest BCUT2D eigenvalue weighted by Crippen LogP contribution is -2.32. The standard InChI is InChI=1S/C14H29NO2S/c1-4-8-18(16,17)9-7-13-10-12(2)5-6-14(13)11-15-3/h12-15H,4-11H2,1-3H3. The molecule has 0 saturated heterocycles. The fourth-order valence-corrected chi connectivity index (χ4v) is 4.68. The summed E-state index contributed by atoms with van der Waals surface area (Å²) in [5.41, 5.74) is 0. The van der Waals surface area contributed by atoms with Crippen molar-refractivity contribution in [3.8, 4) is 0 Å². The second-order valence-electron chi connectivity index (χ2n) is 5.94. The van der Waals surface area contributed by atoms with Crippen LogP contribution in [0.3, 0.4) is 0 Å². The zero-order valence-corrected chi connectivity index (χ0v) is 12.9. The van der Waals surface area contributed by atoms with E-state index in [9.17, 15) is 8.42 Å². The van der Waals surface area contributed by atoms with E-state index in [0.717, 1.165) is 25.3 Å². The Morgan fingerprint density at radius 3 is 2.50 bits per heavy atom. The van der Waals surface area contributed by atoms with Crippen LogP contribution in [0.15, 0.2) is 0 Å². The van der Waals surface area contributed by atoms with Crippen LogP contribution in [0, 0.1) is 17.8 Å². The first-order chi connectivity index (χ1) is 8.48. The molecular formula is C14H29NO2S. The normalized spacial score (nSPS) is 29.4. The zero-order valence-electron chi connectivity index (χ0n) is 12.1. The summed E-state index contributed by atoms with van der Waals surface area (Å²) in [6.07, 6.45) is 5.35. The van der Waals surface area contributed by atoms with Crippen LogP contribution < -0.4 is 5.32 Å². The summed E-state index contributed by atoms with van der Waals surface area (Å²) in [6.45, 7) is 5.26. The smallest absolute Gasteiger partial charge is 0.150 e. The maximum atomic E-state index is 11.8. The van der Waals surface area contributed by atoms with Gasteiger partial charge in [0.15, 0.2) is 0 Å². The summed E-state index contributed by atoms with van der Waals surface area (Å²) >= 11 is 0. The van der Waals surface area contributed by atoms with Gasteiger partial charge < -0.3 is 5.32 Å². The van der Waals surface area contributed by atoms with Crippen LogP contribution in [0.2, 0.25) is 0 Å². The van der Waals surface area contributed by atoms with Crippen molar-refractivity contribution in [1.82, 2.24) is 5.32 Å². The van der Waals surface area contributed by atoms with Crippen molar-refractivity contribution in [3.05, 3.63) is 0 Å². The molecule has 1 N–H and O–H groups in total. The Bertz CT molecular complexity index is 327. The fourth-order valence-electron chi connectivity index (χ4n) is 3.19. The van der Waals surface area contributed by atoms with Gasteiger partial charge in [-0.05, 0) is 57.0 Å². The van der Waals surface area contributed by atoms with E-state index in [0.29, 0.717) is 23.3 Å². The monoisotopic (exact) mass is 275 g/mol. The van der Waals surface area contributed by atoms with Gasteiger partial charge in [-0.25, -0.2) is 8.42 Å². The Morgan fingerprint density at radius 2 is 1.89 bits per heavy atom. The third-order valence-electron chi connectivity index (χ3n) is 4.18. The molecule has 0 heterocycles. The van der Waals surface area contributed by atoms with E-state index in [1.54, 1.807) is 0 Å². The number of hydrogen-bond donors (Lipinski definition) is 1. The van der Waals surface area contributed by atoms with Gasteiger partial charge in [0.05, 0.1) is 5.75 Å². The average Bonchev–Trinajstić information content (AvgIpc) is 2.30. The molecule has 0 bridgehead atoms. The van der Waals surface area contributed by atoms with E-state index in [-0.39, 0.29) is 0 Å². The van der Waals surface area contributed by atoms with E-state index < -0.39 is 9.84 Å². The van der Waals surface area contributed by atoms with Gasteiger partial charge >= 0.3 is 0 Å². The second kappa shape index (κ2) is 7.49. The van der Waals surface area contributed by atoms with Crippen molar-refractivity contribution < 1.29 is 8.42 Å². The highest BCUT2D eigenvalue weighted by atomic mass is 32.2. The predicted octanol–water partition coefficient (Wildman–Crippen LogP) is 2.47. The molecule has 0 amide bonds. The molecule has 0 aliphatic heterocycles. The van der Waals surface area contributed by atoms with Crippen molar-refractivity contribution in [3.63, 3.8) is 0 Å². The first-order valence-corrected chi connectivity index (χ1v) is 9.15. The summed E-state index contributed by atoms with van der Waals surface area (Å²) in [4.78, 5) is 0. The second-order valence-corrected chi connectivity index (χ2v) is 8.24. The third-order valence-corrected chi connectivity index (χ3v) is 6.07. The number of sulfone groups is 1. The van der Waals surface area contributed by atoms with Crippen molar-refractivity contribution in [2.24, 2.45) is 17.8 Å². The predicted molar refractivity (Wildman–Crippen MR) is 77.5 cm³/mol. The quantitative estimate of drug-likeness (QED) is 0.776. The first-order valence-electron chi connectivity index (χ1n) is 7.33. The third kappa shape index (κ3) is 5.27. The zero-order chi connectivity index (χ0) is 13.6. The topological polar surface area (TPSA) is 46.2 Å². The van der Waals surface area contributed by atoms with Crippen molar-refractivity contribution >= 4 is 9.84 Å². The van der Waals surface area contributed by atoms with Gasteiger partial charge in [-0.3, -0.25) is 0 Å². The van der Waals surface area contributed by atoms with Crippen LogP contribution in [0.5, 0.6) is 0 Å². The molecule has 108 valence electrons. The minimum atomic E-state index is -2.81. The lowest BCUT2D eigenvalue weighted by atomic mass is 9.73. The number of rotatable bonds is 7. The average molecular weight is 275 g/mol. The highest BCUT2D eigenvalue weighted by Crippen LogP contribution is 2.35. The van der Waals surface area contributed by atoms with Crippen LogP contribution in [0.25, 0.3) is 0 Å². The van der Waals surface area contributed by atoms with Crippen LogP contribution >= 0.6 is 0 Å². The molecule has 1 fully saturated rings. The van der Waals surface area contributed by atoms with Crippen LogP contribution in [-0.4, -0.2) is 33.5 Å². The minimum Gasteiger partial charge on any atom is -0.319 e. The Balaban J connectivity index is 2.50. The summed E-state index contributed by atoms with van der Waals surface area (Å²) in [5, 5.41) is 3.26. The number of nitrogens with one attached hydrogen (secondary N) is 1. The molecule has 1 aliphatic carbocycles. The Labute approximate surface area is 113 Å².